The van der Waals surface area contributed by atoms with Gasteiger partial charge in [-0.25, -0.2) is 0 Å². The Hall–Kier alpha value is -2.99. The normalized spacial score (nSPS) is 12.7. The number of nitrogens with zero attached hydrogens (tertiary/aromatic N) is 1. The van der Waals surface area contributed by atoms with Crippen molar-refractivity contribution in [1.82, 2.24) is 5.16 Å². The van der Waals surface area contributed by atoms with Crippen LogP contribution in [0.2, 0.25) is 5.02 Å². The van der Waals surface area contributed by atoms with E-state index >= 15 is 0 Å². The number of halogens is 1. The molecule has 3 aromatic rings. The van der Waals surface area contributed by atoms with E-state index < -0.39 is 0 Å². The first-order valence-corrected chi connectivity index (χ1v) is 8.00. The zero-order valence-electron chi connectivity index (χ0n) is 13.0. The molecule has 0 radical (unpaired) electrons. The molecule has 1 amide bonds. The molecule has 1 aromatic heterocycles. The smallest absolute Gasteiger partial charge is 0.277 e. The zero-order chi connectivity index (χ0) is 17.2. The van der Waals surface area contributed by atoms with E-state index in [1.165, 1.54) is 0 Å². The van der Waals surface area contributed by atoms with E-state index in [1.54, 1.807) is 42.5 Å². The summed E-state index contributed by atoms with van der Waals surface area (Å²) in [6.45, 7) is 1.03. The molecular formula is C18H13ClN2O4. The lowest BCUT2D eigenvalue weighted by Gasteiger charge is -2.18. The maximum Gasteiger partial charge on any atom is 0.277 e. The molecule has 0 saturated heterocycles. The third kappa shape index (κ3) is 3.29. The summed E-state index contributed by atoms with van der Waals surface area (Å²) >= 11 is 5.91. The minimum Gasteiger partial charge on any atom is -0.486 e. The third-order valence-corrected chi connectivity index (χ3v) is 3.89. The van der Waals surface area contributed by atoms with Crippen molar-refractivity contribution in [2.24, 2.45) is 0 Å². The van der Waals surface area contributed by atoms with Gasteiger partial charge in [-0.1, -0.05) is 22.8 Å². The van der Waals surface area contributed by atoms with Crippen molar-refractivity contribution in [3.63, 3.8) is 0 Å². The Balaban J connectivity index is 1.54. The molecule has 7 heteroatoms. The van der Waals surface area contributed by atoms with Gasteiger partial charge in [-0.05, 0) is 36.4 Å². The number of nitrogens with one attached hydrogen (secondary N) is 1. The van der Waals surface area contributed by atoms with Gasteiger partial charge in [0.05, 0.1) is 0 Å². The molecule has 0 spiro atoms. The summed E-state index contributed by atoms with van der Waals surface area (Å²) in [7, 11) is 0. The number of hydrogen-bond donors (Lipinski definition) is 1. The minimum atomic E-state index is -0.380. The van der Waals surface area contributed by atoms with Crippen LogP contribution in [0, 0.1) is 0 Å². The van der Waals surface area contributed by atoms with Crippen molar-refractivity contribution in [3.8, 4) is 22.8 Å². The number of benzene rings is 2. The number of fused-ring (bicyclic) bond motifs is 1. The van der Waals surface area contributed by atoms with E-state index in [9.17, 15) is 4.79 Å². The van der Waals surface area contributed by atoms with Gasteiger partial charge in [0.1, 0.15) is 13.2 Å². The summed E-state index contributed by atoms with van der Waals surface area (Å²) in [4.78, 5) is 12.3. The number of carbonyl (C=O) groups is 1. The van der Waals surface area contributed by atoms with Crippen molar-refractivity contribution in [3.05, 3.63) is 59.2 Å². The fraction of sp³-hybridized carbons (Fsp3) is 0.111. The van der Waals surface area contributed by atoms with Crippen LogP contribution < -0.4 is 14.8 Å². The lowest BCUT2D eigenvalue weighted by Crippen LogP contribution is -2.15. The van der Waals surface area contributed by atoms with Crippen LogP contribution in [0.1, 0.15) is 10.5 Å². The molecule has 0 atom stereocenters. The standard InChI is InChI=1S/C18H13ClN2O4/c19-12-2-1-3-13(9-12)20-18(22)14-10-16(25-21-14)11-4-5-15-17(8-11)24-7-6-23-15/h1-5,8-10H,6-7H2,(H,20,22). The largest absolute Gasteiger partial charge is 0.486 e. The molecule has 0 saturated carbocycles. The first-order chi connectivity index (χ1) is 12.2. The van der Waals surface area contributed by atoms with Gasteiger partial charge in [0, 0.05) is 22.3 Å². The molecule has 0 fully saturated rings. The van der Waals surface area contributed by atoms with Crippen LogP contribution in [0.4, 0.5) is 5.69 Å². The molecule has 2 aromatic carbocycles. The Morgan fingerprint density at radius 1 is 1.04 bits per heavy atom. The van der Waals surface area contributed by atoms with Gasteiger partial charge in [0.15, 0.2) is 23.0 Å². The SMILES string of the molecule is O=C(Nc1cccc(Cl)c1)c1cc(-c2ccc3c(c2)OCCO3)on1. The second-order valence-corrected chi connectivity index (χ2v) is 5.84. The molecule has 2 heterocycles. The van der Waals surface area contributed by atoms with Gasteiger partial charge in [-0.15, -0.1) is 0 Å². The highest BCUT2D eigenvalue weighted by atomic mass is 35.5. The molecule has 0 unspecified atom stereocenters. The van der Waals surface area contributed by atoms with E-state index in [0.29, 0.717) is 41.2 Å². The number of aromatic nitrogens is 1. The second-order valence-electron chi connectivity index (χ2n) is 5.40. The second kappa shape index (κ2) is 6.49. The molecule has 4 rings (SSSR count). The highest BCUT2D eigenvalue weighted by Crippen LogP contribution is 2.34. The fourth-order valence-electron chi connectivity index (χ4n) is 2.48. The van der Waals surface area contributed by atoms with E-state index in [2.05, 4.69) is 10.5 Å². The average molecular weight is 357 g/mol. The summed E-state index contributed by atoms with van der Waals surface area (Å²) in [6, 6.07) is 13.9. The van der Waals surface area contributed by atoms with Gasteiger partial charge in [0.25, 0.3) is 5.91 Å². The summed E-state index contributed by atoms with van der Waals surface area (Å²) < 4.78 is 16.3. The molecule has 1 N–H and O–H groups in total. The topological polar surface area (TPSA) is 73.6 Å². The first-order valence-electron chi connectivity index (χ1n) is 7.63. The number of amides is 1. The number of carbonyl (C=O) groups excluding carboxylic acids is 1. The molecule has 1 aliphatic heterocycles. The molecule has 0 bridgehead atoms. The predicted molar refractivity (Wildman–Crippen MR) is 92.3 cm³/mol. The Labute approximate surface area is 148 Å². The third-order valence-electron chi connectivity index (χ3n) is 3.65. The van der Waals surface area contributed by atoms with Crippen LogP contribution >= 0.6 is 11.6 Å². The van der Waals surface area contributed by atoms with E-state index in [1.807, 2.05) is 6.07 Å². The van der Waals surface area contributed by atoms with Crippen molar-refractivity contribution in [2.45, 2.75) is 0 Å². The number of rotatable bonds is 3. The maximum absolute atomic E-state index is 12.3. The van der Waals surface area contributed by atoms with Crippen LogP contribution in [-0.4, -0.2) is 24.3 Å². The lowest BCUT2D eigenvalue weighted by molar-refractivity contribution is 0.101. The maximum atomic E-state index is 12.3. The Morgan fingerprint density at radius 3 is 2.72 bits per heavy atom. The predicted octanol–water partition coefficient (Wildman–Crippen LogP) is 4.02. The van der Waals surface area contributed by atoms with Crippen LogP contribution in [-0.2, 0) is 0 Å². The van der Waals surface area contributed by atoms with Crippen molar-refractivity contribution >= 4 is 23.2 Å². The monoisotopic (exact) mass is 356 g/mol. The summed E-state index contributed by atoms with van der Waals surface area (Å²) in [5, 5.41) is 7.09. The van der Waals surface area contributed by atoms with Crippen LogP contribution in [0.5, 0.6) is 11.5 Å². The zero-order valence-corrected chi connectivity index (χ0v) is 13.7. The molecule has 6 nitrogen and oxygen atoms in total. The van der Waals surface area contributed by atoms with Crippen LogP contribution in [0.3, 0.4) is 0 Å². The van der Waals surface area contributed by atoms with E-state index in [4.69, 9.17) is 25.6 Å². The van der Waals surface area contributed by atoms with E-state index in [0.717, 1.165) is 5.56 Å². The summed E-state index contributed by atoms with van der Waals surface area (Å²) in [5.74, 6) is 1.42. The molecule has 126 valence electrons. The van der Waals surface area contributed by atoms with Crippen molar-refractivity contribution < 1.29 is 18.8 Å². The van der Waals surface area contributed by atoms with Crippen LogP contribution in [0.15, 0.2) is 53.1 Å². The molecule has 1 aliphatic rings. The van der Waals surface area contributed by atoms with E-state index in [-0.39, 0.29) is 11.6 Å². The molecule has 25 heavy (non-hydrogen) atoms. The fourth-order valence-corrected chi connectivity index (χ4v) is 2.67. The molecule has 0 aliphatic carbocycles. The highest BCUT2D eigenvalue weighted by Gasteiger charge is 2.17. The van der Waals surface area contributed by atoms with Crippen molar-refractivity contribution in [2.75, 3.05) is 18.5 Å². The number of ether oxygens (including phenoxy) is 2. The highest BCUT2D eigenvalue weighted by molar-refractivity contribution is 6.30. The summed E-state index contributed by atoms with van der Waals surface area (Å²) in [6.07, 6.45) is 0. The van der Waals surface area contributed by atoms with Gasteiger partial charge < -0.3 is 19.3 Å². The lowest BCUT2D eigenvalue weighted by atomic mass is 10.1. The first kappa shape index (κ1) is 15.5. The quantitative estimate of drug-likeness (QED) is 0.767. The summed E-state index contributed by atoms with van der Waals surface area (Å²) in [5.41, 5.74) is 1.50. The number of anilines is 1. The number of hydrogen-bond acceptors (Lipinski definition) is 5. The van der Waals surface area contributed by atoms with Gasteiger partial charge >= 0.3 is 0 Å². The Morgan fingerprint density at radius 2 is 1.88 bits per heavy atom. The van der Waals surface area contributed by atoms with Crippen LogP contribution in [0.25, 0.3) is 11.3 Å². The average Bonchev–Trinajstić information content (AvgIpc) is 3.12. The van der Waals surface area contributed by atoms with Gasteiger partial charge in [0.2, 0.25) is 0 Å². The minimum absolute atomic E-state index is 0.171. The van der Waals surface area contributed by atoms with Gasteiger partial charge in [-0.3, -0.25) is 4.79 Å². The Kier molecular flexibility index (Phi) is 4.03. The van der Waals surface area contributed by atoms with Gasteiger partial charge in [-0.2, -0.15) is 0 Å². The van der Waals surface area contributed by atoms with Crippen molar-refractivity contribution in [1.29, 1.82) is 0 Å². The molecular weight excluding hydrogens is 344 g/mol. The Bertz CT molecular complexity index is 938.